The summed E-state index contributed by atoms with van der Waals surface area (Å²) in [4.78, 5) is 38.6. The molecule has 9 nitrogen and oxygen atoms in total. The first-order chi connectivity index (χ1) is 17.4. The van der Waals surface area contributed by atoms with Crippen molar-refractivity contribution >= 4 is 17.7 Å². The van der Waals surface area contributed by atoms with Crippen molar-refractivity contribution in [3.05, 3.63) is 82.1 Å². The molecule has 0 spiro atoms. The van der Waals surface area contributed by atoms with Crippen molar-refractivity contribution in [1.29, 1.82) is 0 Å². The monoisotopic (exact) mass is 491 g/mol. The number of nitrogens with zero attached hydrogens (tertiary/aromatic N) is 3. The predicted molar refractivity (Wildman–Crippen MR) is 140 cm³/mol. The van der Waals surface area contributed by atoms with Crippen molar-refractivity contribution in [3.8, 4) is 11.3 Å². The van der Waals surface area contributed by atoms with E-state index >= 15 is 0 Å². The number of amides is 2. The van der Waals surface area contributed by atoms with Crippen LogP contribution in [0.1, 0.15) is 35.7 Å². The van der Waals surface area contributed by atoms with Crippen LogP contribution in [-0.4, -0.2) is 60.5 Å². The first kappa shape index (κ1) is 26.6. The van der Waals surface area contributed by atoms with E-state index in [0.717, 1.165) is 30.5 Å². The molecule has 1 aromatic heterocycles. The SMILES string of the molecule is CCOC(=O)Nc1cccc(Cn2nc(-c3ccc(C(=O)NCCCCN(C)C)cc3)ccc2=O)c1. The van der Waals surface area contributed by atoms with E-state index in [2.05, 4.69) is 20.6 Å². The molecule has 0 bridgehead atoms. The fourth-order valence-corrected chi connectivity index (χ4v) is 3.57. The Labute approximate surface area is 211 Å². The summed E-state index contributed by atoms with van der Waals surface area (Å²) >= 11 is 0. The molecule has 3 rings (SSSR count). The number of rotatable bonds is 11. The van der Waals surface area contributed by atoms with Crippen LogP contribution in [0.2, 0.25) is 0 Å². The van der Waals surface area contributed by atoms with Crippen LogP contribution in [0, 0.1) is 0 Å². The van der Waals surface area contributed by atoms with Gasteiger partial charge in [-0.3, -0.25) is 14.9 Å². The lowest BCUT2D eigenvalue weighted by atomic mass is 10.1. The van der Waals surface area contributed by atoms with Gasteiger partial charge in [0.05, 0.1) is 18.8 Å². The second-order valence-corrected chi connectivity index (χ2v) is 8.60. The van der Waals surface area contributed by atoms with E-state index in [-0.39, 0.29) is 24.6 Å². The van der Waals surface area contributed by atoms with Crippen molar-refractivity contribution in [2.24, 2.45) is 0 Å². The van der Waals surface area contributed by atoms with Crippen LogP contribution in [0.3, 0.4) is 0 Å². The van der Waals surface area contributed by atoms with E-state index in [1.165, 1.54) is 10.7 Å². The molecular weight excluding hydrogens is 458 g/mol. The number of nitrogens with one attached hydrogen (secondary N) is 2. The number of benzene rings is 2. The minimum atomic E-state index is -0.534. The van der Waals surface area contributed by atoms with E-state index in [9.17, 15) is 14.4 Å². The Morgan fingerprint density at radius 1 is 1.03 bits per heavy atom. The lowest BCUT2D eigenvalue weighted by Crippen LogP contribution is -2.25. The largest absolute Gasteiger partial charge is 0.450 e. The number of carbonyl (C=O) groups is 2. The van der Waals surface area contributed by atoms with Gasteiger partial charge in [-0.2, -0.15) is 5.10 Å². The third kappa shape index (κ3) is 8.06. The smallest absolute Gasteiger partial charge is 0.411 e. The van der Waals surface area contributed by atoms with Gasteiger partial charge in [0.1, 0.15) is 0 Å². The summed E-state index contributed by atoms with van der Waals surface area (Å²) in [6.45, 7) is 3.88. The zero-order valence-corrected chi connectivity index (χ0v) is 21.0. The summed E-state index contributed by atoms with van der Waals surface area (Å²) < 4.78 is 6.27. The van der Waals surface area contributed by atoms with E-state index in [0.29, 0.717) is 23.5 Å². The Hall–Kier alpha value is -3.98. The van der Waals surface area contributed by atoms with Crippen LogP contribution < -0.4 is 16.2 Å². The quantitative estimate of drug-likeness (QED) is 0.397. The van der Waals surface area contributed by atoms with Crippen molar-refractivity contribution in [3.63, 3.8) is 0 Å². The fourth-order valence-electron chi connectivity index (χ4n) is 3.57. The van der Waals surface area contributed by atoms with Gasteiger partial charge in [0.2, 0.25) is 0 Å². The molecule has 0 aliphatic rings. The Morgan fingerprint density at radius 3 is 2.53 bits per heavy atom. The van der Waals surface area contributed by atoms with Crippen LogP contribution in [0.5, 0.6) is 0 Å². The van der Waals surface area contributed by atoms with Gasteiger partial charge in [-0.05, 0) is 76.3 Å². The molecule has 0 radical (unpaired) electrons. The van der Waals surface area contributed by atoms with Gasteiger partial charge >= 0.3 is 6.09 Å². The van der Waals surface area contributed by atoms with Crippen LogP contribution in [0.4, 0.5) is 10.5 Å². The molecule has 2 amide bonds. The standard InChI is InChI=1S/C27H33N5O4/c1-4-36-27(35)29-23-9-7-8-20(18-23)19-32-25(33)15-14-24(30-32)21-10-12-22(13-11-21)26(34)28-16-5-6-17-31(2)3/h7-15,18H,4-6,16-17,19H2,1-3H3,(H,28,34)(H,29,35). The Morgan fingerprint density at radius 2 is 1.81 bits per heavy atom. The Balaban J connectivity index is 1.65. The summed E-state index contributed by atoms with van der Waals surface area (Å²) in [7, 11) is 4.06. The lowest BCUT2D eigenvalue weighted by molar-refractivity contribution is 0.0952. The average Bonchev–Trinajstić information content (AvgIpc) is 2.85. The molecule has 0 aliphatic carbocycles. The predicted octanol–water partition coefficient (Wildman–Crippen LogP) is 3.60. The van der Waals surface area contributed by atoms with Crippen LogP contribution >= 0.6 is 0 Å². The van der Waals surface area contributed by atoms with E-state index < -0.39 is 6.09 Å². The maximum absolute atomic E-state index is 12.4. The number of hydrogen-bond donors (Lipinski definition) is 2. The highest BCUT2D eigenvalue weighted by atomic mass is 16.5. The third-order valence-corrected chi connectivity index (χ3v) is 5.41. The molecule has 0 saturated carbocycles. The van der Waals surface area contributed by atoms with Crippen LogP contribution in [0.25, 0.3) is 11.3 Å². The molecular formula is C27H33N5O4. The van der Waals surface area contributed by atoms with Gasteiger partial charge in [-0.1, -0.05) is 24.3 Å². The topological polar surface area (TPSA) is 106 Å². The fraction of sp³-hybridized carbons (Fsp3) is 0.333. The molecule has 0 atom stereocenters. The second-order valence-electron chi connectivity index (χ2n) is 8.60. The number of hydrogen-bond acceptors (Lipinski definition) is 6. The molecule has 3 aromatic rings. The maximum atomic E-state index is 12.4. The van der Waals surface area contributed by atoms with E-state index in [4.69, 9.17) is 4.74 Å². The summed E-state index contributed by atoms with van der Waals surface area (Å²) in [5.41, 5.74) is 3.11. The van der Waals surface area contributed by atoms with Gasteiger partial charge in [0, 0.05) is 29.4 Å². The molecule has 0 unspecified atom stereocenters. The zero-order chi connectivity index (χ0) is 25.9. The van der Waals surface area contributed by atoms with Crippen LogP contribution in [0.15, 0.2) is 65.5 Å². The highest BCUT2D eigenvalue weighted by molar-refractivity contribution is 5.94. The second kappa shape index (κ2) is 13.2. The maximum Gasteiger partial charge on any atom is 0.411 e. The number of ether oxygens (including phenoxy) is 1. The van der Waals surface area contributed by atoms with Crippen molar-refractivity contribution in [1.82, 2.24) is 20.0 Å². The van der Waals surface area contributed by atoms with Gasteiger partial charge in [0.25, 0.3) is 11.5 Å². The molecule has 0 aliphatic heterocycles. The van der Waals surface area contributed by atoms with Crippen molar-refractivity contribution < 1.29 is 14.3 Å². The first-order valence-corrected chi connectivity index (χ1v) is 12.0. The molecule has 36 heavy (non-hydrogen) atoms. The summed E-state index contributed by atoms with van der Waals surface area (Å²) in [5.74, 6) is -0.111. The highest BCUT2D eigenvalue weighted by Gasteiger charge is 2.09. The molecule has 1 heterocycles. The average molecular weight is 492 g/mol. The molecule has 9 heteroatoms. The molecule has 0 saturated heterocycles. The third-order valence-electron chi connectivity index (χ3n) is 5.41. The van der Waals surface area contributed by atoms with E-state index in [1.807, 2.05) is 32.3 Å². The Kier molecular flexibility index (Phi) is 9.76. The number of unbranched alkanes of at least 4 members (excludes halogenated alkanes) is 1. The number of carbonyl (C=O) groups excluding carboxylic acids is 2. The Bertz CT molecular complexity index is 1220. The minimum Gasteiger partial charge on any atom is -0.450 e. The van der Waals surface area contributed by atoms with Crippen molar-refractivity contribution in [2.75, 3.05) is 39.1 Å². The summed E-state index contributed by atoms with van der Waals surface area (Å²) in [6.07, 6.45) is 1.42. The van der Waals surface area contributed by atoms with Crippen LogP contribution in [-0.2, 0) is 11.3 Å². The van der Waals surface area contributed by atoms with E-state index in [1.54, 1.807) is 43.3 Å². The summed E-state index contributed by atoms with van der Waals surface area (Å²) in [5, 5.41) is 10.1. The van der Waals surface area contributed by atoms with Gasteiger partial charge in [-0.25, -0.2) is 9.48 Å². The molecule has 2 aromatic carbocycles. The minimum absolute atomic E-state index is 0.111. The summed E-state index contributed by atoms with van der Waals surface area (Å²) in [6, 6.07) is 17.4. The number of anilines is 1. The molecule has 190 valence electrons. The lowest BCUT2D eigenvalue weighted by Gasteiger charge is -2.10. The highest BCUT2D eigenvalue weighted by Crippen LogP contribution is 2.17. The number of aromatic nitrogens is 2. The normalized spacial score (nSPS) is 10.8. The van der Waals surface area contributed by atoms with Gasteiger partial charge < -0.3 is 15.0 Å². The first-order valence-electron chi connectivity index (χ1n) is 12.0. The van der Waals surface area contributed by atoms with Gasteiger partial charge in [-0.15, -0.1) is 0 Å². The van der Waals surface area contributed by atoms with Gasteiger partial charge in [0.15, 0.2) is 0 Å². The molecule has 2 N–H and O–H groups in total. The molecule has 0 fully saturated rings. The zero-order valence-electron chi connectivity index (χ0n) is 21.0. The van der Waals surface area contributed by atoms with Crippen molar-refractivity contribution in [2.45, 2.75) is 26.3 Å².